The summed E-state index contributed by atoms with van der Waals surface area (Å²) in [5, 5.41) is 1.51. The first-order chi connectivity index (χ1) is 4.74. The second kappa shape index (κ2) is 2.66. The van der Waals surface area contributed by atoms with Crippen LogP contribution in [0.5, 0.6) is 0 Å². The number of hydrogen-bond donors (Lipinski definition) is 1. The molecule has 0 amide bonds. The molecule has 1 aliphatic rings. The Labute approximate surface area is 60.5 Å². The van der Waals surface area contributed by atoms with E-state index in [9.17, 15) is 0 Å². The number of nitrogens with two attached hydrogens (primary N) is 1. The van der Waals surface area contributed by atoms with Crippen LogP contribution in [-0.2, 0) is 0 Å². The molecule has 0 aliphatic carbocycles. The monoisotopic (exact) mass is 137 g/mol. The van der Waals surface area contributed by atoms with E-state index in [1.807, 2.05) is 26.1 Å². The Bertz CT molecular complexity index is 213. The highest BCUT2D eigenvalue weighted by Gasteiger charge is 2.02. The summed E-state index contributed by atoms with van der Waals surface area (Å²) in [6, 6.07) is 0. The summed E-state index contributed by atoms with van der Waals surface area (Å²) in [5.41, 5.74) is 1.06. The van der Waals surface area contributed by atoms with Crippen molar-refractivity contribution >= 4 is 6.21 Å². The zero-order valence-electron chi connectivity index (χ0n) is 6.20. The Hall–Kier alpha value is -1.09. The van der Waals surface area contributed by atoms with Crippen molar-refractivity contribution in [1.82, 2.24) is 5.01 Å². The molecule has 0 spiro atoms. The second-order valence-corrected chi connectivity index (χ2v) is 2.19. The van der Waals surface area contributed by atoms with Gasteiger partial charge in [-0.05, 0) is 25.5 Å². The van der Waals surface area contributed by atoms with Crippen LogP contribution >= 0.6 is 0 Å². The summed E-state index contributed by atoms with van der Waals surface area (Å²) < 4.78 is 0. The van der Waals surface area contributed by atoms with E-state index in [1.54, 1.807) is 6.21 Å². The van der Waals surface area contributed by atoms with E-state index in [2.05, 4.69) is 4.99 Å². The van der Waals surface area contributed by atoms with Gasteiger partial charge in [0.1, 0.15) is 5.82 Å². The fourth-order valence-electron chi connectivity index (χ4n) is 0.777. The predicted octanol–water partition coefficient (Wildman–Crippen LogP) is 1.01. The van der Waals surface area contributed by atoms with Crippen molar-refractivity contribution in [3.8, 4) is 0 Å². The first kappa shape index (κ1) is 7.02. The van der Waals surface area contributed by atoms with Gasteiger partial charge in [-0.1, -0.05) is 0 Å². The van der Waals surface area contributed by atoms with Crippen LogP contribution < -0.4 is 5.84 Å². The molecular weight excluding hydrogens is 126 g/mol. The van der Waals surface area contributed by atoms with E-state index in [4.69, 9.17) is 5.84 Å². The molecule has 0 atom stereocenters. The molecule has 0 saturated carbocycles. The van der Waals surface area contributed by atoms with Crippen molar-refractivity contribution in [2.45, 2.75) is 13.8 Å². The maximum absolute atomic E-state index is 5.55. The van der Waals surface area contributed by atoms with Crippen LogP contribution in [-0.4, -0.2) is 11.2 Å². The molecule has 10 heavy (non-hydrogen) atoms. The van der Waals surface area contributed by atoms with Gasteiger partial charge in [0.05, 0.1) is 0 Å². The standard InChI is InChI=1S/C7H11N3/c1-3-7-9-4-6(2)5-10(7)8/h3-5H,8H2,1-2H3/b7-3-. The Morgan fingerprint density at radius 2 is 2.40 bits per heavy atom. The van der Waals surface area contributed by atoms with Gasteiger partial charge in [-0.2, -0.15) is 0 Å². The normalized spacial score (nSPS) is 21.7. The molecule has 0 aromatic rings. The molecule has 0 bridgehead atoms. The molecule has 0 unspecified atom stereocenters. The van der Waals surface area contributed by atoms with Gasteiger partial charge in [0, 0.05) is 12.4 Å². The molecule has 54 valence electrons. The molecular formula is C7H11N3. The topological polar surface area (TPSA) is 41.6 Å². The molecule has 2 N–H and O–H groups in total. The van der Waals surface area contributed by atoms with Crippen LogP contribution in [0.1, 0.15) is 13.8 Å². The highest BCUT2D eigenvalue weighted by Crippen LogP contribution is 2.08. The molecule has 1 heterocycles. The molecule has 0 saturated heterocycles. The molecule has 0 fully saturated rings. The first-order valence-corrected chi connectivity index (χ1v) is 3.17. The molecule has 3 heteroatoms. The summed E-state index contributed by atoms with van der Waals surface area (Å²) in [6.45, 7) is 3.86. The van der Waals surface area contributed by atoms with Crippen LogP contribution in [0.3, 0.4) is 0 Å². The summed E-state index contributed by atoms with van der Waals surface area (Å²) in [4.78, 5) is 4.08. The summed E-state index contributed by atoms with van der Waals surface area (Å²) in [5.74, 6) is 6.34. The highest BCUT2D eigenvalue weighted by molar-refractivity contribution is 5.79. The molecule has 0 radical (unpaired) electrons. The number of rotatable bonds is 0. The Morgan fingerprint density at radius 3 is 2.90 bits per heavy atom. The third-order valence-corrected chi connectivity index (χ3v) is 1.27. The van der Waals surface area contributed by atoms with E-state index in [-0.39, 0.29) is 0 Å². The van der Waals surface area contributed by atoms with Crippen molar-refractivity contribution < 1.29 is 0 Å². The minimum absolute atomic E-state index is 0.783. The summed E-state index contributed by atoms with van der Waals surface area (Å²) >= 11 is 0. The van der Waals surface area contributed by atoms with Gasteiger partial charge in [0.2, 0.25) is 0 Å². The van der Waals surface area contributed by atoms with Crippen LogP contribution in [0.15, 0.2) is 28.7 Å². The Morgan fingerprint density at radius 1 is 1.70 bits per heavy atom. The van der Waals surface area contributed by atoms with E-state index in [0.29, 0.717) is 0 Å². The number of aliphatic imine (C=N–C) groups is 1. The Kier molecular flexibility index (Phi) is 1.87. The van der Waals surface area contributed by atoms with Crippen LogP contribution in [0.25, 0.3) is 0 Å². The van der Waals surface area contributed by atoms with Gasteiger partial charge in [0.25, 0.3) is 0 Å². The van der Waals surface area contributed by atoms with Crippen molar-refractivity contribution in [3.63, 3.8) is 0 Å². The quantitative estimate of drug-likeness (QED) is 0.506. The molecule has 1 aliphatic heterocycles. The number of nitrogens with zero attached hydrogens (tertiary/aromatic N) is 2. The maximum atomic E-state index is 5.55. The summed E-state index contributed by atoms with van der Waals surface area (Å²) in [7, 11) is 0. The zero-order chi connectivity index (χ0) is 7.56. The van der Waals surface area contributed by atoms with Crippen molar-refractivity contribution in [2.75, 3.05) is 0 Å². The molecule has 0 aromatic heterocycles. The lowest BCUT2D eigenvalue weighted by Crippen LogP contribution is -2.25. The Balaban J connectivity index is 2.84. The lowest BCUT2D eigenvalue weighted by Gasteiger charge is -2.17. The maximum Gasteiger partial charge on any atom is 0.142 e. The summed E-state index contributed by atoms with van der Waals surface area (Å²) in [6.07, 6.45) is 5.49. The SMILES string of the molecule is C/C=C1/N=CC(C)=CN1N. The van der Waals surface area contributed by atoms with Gasteiger partial charge in [0.15, 0.2) is 0 Å². The second-order valence-electron chi connectivity index (χ2n) is 2.19. The minimum Gasteiger partial charge on any atom is -0.270 e. The van der Waals surface area contributed by atoms with Crippen molar-refractivity contribution in [3.05, 3.63) is 23.7 Å². The zero-order valence-corrected chi connectivity index (χ0v) is 6.20. The molecule has 3 nitrogen and oxygen atoms in total. The fraction of sp³-hybridized carbons (Fsp3) is 0.286. The van der Waals surface area contributed by atoms with E-state index >= 15 is 0 Å². The van der Waals surface area contributed by atoms with Gasteiger partial charge in [-0.25, -0.2) is 10.8 Å². The van der Waals surface area contributed by atoms with Crippen molar-refractivity contribution in [2.24, 2.45) is 10.8 Å². The van der Waals surface area contributed by atoms with Crippen molar-refractivity contribution in [1.29, 1.82) is 0 Å². The van der Waals surface area contributed by atoms with Crippen LogP contribution in [0, 0.1) is 0 Å². The average Bonchev–Trinajstić information content (AvgIpc) is 1.88. The fourth-order valence-corrected chi connectivity index (χ4v) is 0.777. The van der Waals surface area contributed by atoms with Gasteiger partial charge in [-0.15, -0.1) is 0 Å². The molecule has 0 aromatic carbocycles. The van der Waals surface area contributed by atoms with E-state index < -0.39 is 0 Å². The van der Waals surface area contributed by atoms with Crippen LogP contribution in [0.4, 0.5) is 0 Å². The van der Waals surface area contributed by atoms with Gasteiger partial charge >= 0.3 is 0 Å². The smallest absolute Gasteiger partial charge is 0.142 e. The average molecular weight is 137 g/mol. The minimum atomic E-state index is 0.783. The highest BCUT2D eigenvalue weighted by atomic mass is 15.4. The largest absolute Gasteiger partial charge is 0.270 e. The van der Waals surface area contributed by atoms with E-state index in [1.165, 1.54) is 5.01 Å². The lowest BCUT2D eigenvalue weighted by molar-refractivity contribution is 0.479. The van der Waals surface area contributed by atoms with Gasteiger partial charge < -0.3 is 0 Å². The predicted molar refractivity (Wildman–Crippen MR) is 42.0 cm³/mol. The first-order valence-electron chi connectivity index (χ1n) is 3.17. The lowest BCUT2D eigenvalue weighted by atomic mass is 10.3. The number of hydrogen-bond acceptors (Lipinski definition) is 3. The number of allylic oxidation sites excluding steroid dienone is 2. The van der Waals surface area contributed by atoms with Gasteiger partial charge in [-0.3, -0.25) is 5.01 Å². The molecule has 1 rings (SSSR count). The number of hydrazine groups is 1. The third kappa shape index (κ3) is 1.25. The van der Waals surface area contributed by atoms with E-state index in [0.717, 1.165) is 11.4 Å². The third-order valence-electron chi connectivity index (χ3n) is 1.27. The van der Waals surface area contributed by atoms with Crippen LogP contribution in [0.2, 0.25) is 0 Å².